The Kier molecular flexibility index (Phi) is 8.23. The molecule has 40 heavy (non-hydrogen) atoms. The van der Waals surface area contributed by atoms with E-state index in [-0.39, 0.29) is 11.7 Å². The summed E-state index contributed by atoms with van der Waals surface area (Å²) in [7, 11) is 0. The van der Waals surface area contributed by atoms with E-state index in [0.717, 1.165) is 17.7 Å². The van der Waals surface area contributed by atoms with E-state index < -0.39 is 17.6 Å². The highest BCUT2D eigenvalue weighted by molar-refractivity contribution is 6.10. The van der Waals surface area contributed by atoms with Crippen LogP contribution < -0.4 is 10.6 Å². The molecule has 2 N–H and O–H groups in total. The second kappa shape index (κ2) is 11.8. The Bertz CT molecular complexity index is 1590. The van der Waals surface area contributed by atoms with Gasteiger partial charge in [0.1, 0.15) is 5.82 Å². The van der Waals surface area contributed by atoms with Crippen LogP contribution in [0.1, 0.15) is 44.5 Å². The summed E-state index contributed by atoms with van der Waals surface area (Å²) in [5.74, 6) is -0.612. The molecule has 2 amide bonds. The van der Waals surface area contributed by atoms with Gasteiger partial charge in [0, 0.05) is 23.7 Å². The van der Waals surface area contributed by atoms with Gasteiger partial charge in [-0.3, -0.25) is 14.4 Å². The van der Waals surface area contributed by atoms with Crippen molar-refractivity contribution in [3.8, 4) is 11.1 Å². The summed E-state index contributed by atoms with van der Waals surface area (Å²) in [5.41, 5.74) is 2.66. The fraction of sp³-hybridized carbons (Fsp3) is 0.0968. The highest BCUT2D eigenvalue weighted by atomic mass is 19.4. The van der Waals surface area contributed by atoms with Gasteiger partial charge < -0.3 is 10.6 Å². The van der Waals surface area contributed by atoms with E-state index in [4.69, 9.17) is 0 Å². The van der Waals surface area contributed by atoms with Crippen molar-refractivity contribution in [2.24, 2.45) is 0 Å². The number of benzene rings is 3. The number of halogens is 3. The molecule has 0 aliphatic rings. The highest BCUT2D eigenvalue weighted by Crippen LogP contribution is 2.32. The number of nitrogens with one attached hydrogen (secondary N) is 2. The van der Waals surface area contributed by atoms with Crippen molar-refractivity contribution in [1.29, 1.82) is 0 Å². The summed E-state index contributed by atoms with van der Waals surface area (Å²) in [6, 6.07) is 21.1. The summed E-state index contributed by atoms with van der Waals surface area (Å²) in [6.45, 7) is 3.20. The van der Waals surface area contributed by atoms with Crippen LogP contribution >= 0.6 is 0 Å². The van der Waals surface area contributed by atoms with Crippen molar-refractivity contribution in [1.82, 2.24) is 4.98 Å². The number of carbonyl (C=O) groups excluding carboxylic acids is 3. The number of hydrogen-bond donors (Lipinski definition) is 2. The first kappa shape index (κ1) is 28.0. The number of pyridine rings is 1. The number of hydrogen-bond acceptors (Lipinski definition) is 4. The zero-order chi connectivity index (χ0) is 28.9. The number of aryl methyl sites for hydroxylation is 1. The largest absolute Gasteiger partial charge is 0.416 e. The molecular formula is C31H24F3N3O3. The van der Waals surface area contributed by atoms with E-state index in [1.807, 2.05) is 6.92 Å². The zero-order valence-electron chi connectivity index (χ0n) is 21.5. The van der Waals surface area contributed by atoms with Crippen LogP contribution in [0.4, 0.5) is 24.7 Å². The molecule has 0 radical (unpaired) electrons. The van der Waals surface area contributed by atoms with Crippen molar-refractivity contribution in [2.45, 2.75) is 20.0 Å². The average molecular weight is 544 g/mol. The Morgan fingerprint density at radius 2 is 1.55 bits per heavy atom. The van der Waals surface area contributed by atoms with Gasteiger partial charge in [0.15, 0.2) is 5.78 Å². The molecular weight excluding hydrogens is 519 g/mol. The minimum Gasteiger partial charge on any atom is -0.322 e. The van der Waals surface area contributed by atoms with E-state index in [1.165, 1.54) is 31.2 Å². The molecule has 0 saturated heterocycles. The lowest BCUT2D eigenvalue weighted by Gasteiger charge is -2.13. The Balaban J connectivity index is 1.47. The van der Waals surface area contributed by atoms with Crippen molar-refractivity contribution in [3.63, 3.8) is 0 Å². The monoisotopic (exact) mass is 543 g/mol. The summed E-state index contributed by atoms with van der Waals surface area (Å²) >= 11 is 0. The predicted molar refractivity (Wildman–Crippen MR) is 148 cm³/mol. The maximum atomic E-state index is 13.1. The standard InChI is InChI=1S/C31H24F3N3O3/c1-19-6-16-26(27(18-19)21-7-11-23(12-8-21)31(32,33)34)30(40)37-25-13-9-22(10-14-25)28(39)17-15-24-4-3-5-29(36-24)35-20(2)38/h3-18H,1-2H3,(H,37,40)(H,35,36,38)/b17-15+. The number of nitrogens with zero attached hydrogens (tertiary/aromatic N) is 1. The molecule has 0 atom stereocenters. The molecule has 1 heterocycles. The van der Waals surface area contributed by atoms with Crippen LogP contribution in [0.2, 0.25) is 0 Å². The third-order valence-electron chi connectivity index (χ3n) is 5.85. The molecule has 0 aliphatic carbocycles. The van der Waals surface area contributed by atoms with E-state index in [2.05, 4.69) is 15.6 Å². The van der Waals surface area contributed by atoms with E-state index in [9.17, 15) is 27.6 Å². The second-order valence-corrected chi connectivity index (χ2v) is 8.98. The van der Waals surface area contributed by atoms with Gasteiger partial charge in [-0.1, -0.05) is 35.9 Å². The van der Waals surface area contributed by atoms with Crippen LogP contribution in [0, 0.1) is 6.92 Å². The van der Waals surface area contributed by atoms with Crippen molar-refractivity contribution in [3.05, 3.63) is 119 Å². The lowest BCUT2D eigenvalue weighted by Crippen LogP contribution is -2.13. The molecule has 3 aromatic carbocycles. The Hall–Kier alpha value is -5.05. The number of amides is 2. The SMILES string of the molecule is CC(=O)Nc1cccc(/C=C/C(=O)c2ccc(NC(=O)c3ccc(C)cc3-c3ccc(C(F)(F)F)cc3)cc2)n1. The smallest absolute Gasteiger partial charge is 0.322 e. The van der Waals surface area contributed by atoms with Crippen LogP contribution in [0.15, 0.2) is 91.0 Å². The van der Waals surface area contributed by atoms with Crippen molar-refractivity contribution < 1.29 is 27.6 Å². The fourth-order valence-corrected chi connectivity index (χ4v) is 3.90. The molecule has 0 aliphatic heterocycles. The third kappa shape index (κ3) is 7.08. The first-order valence-electron chi connectivity index (χ1n) is 12.2. The Morgan fingerprint density at radius 3 is 2.20 bits per heavy atom. The van der Waals surface area contributed by atoms with Gasteiger partial charge in [-0.15, -0.1) is 0 Å². The van der Waals surface area contributed by atoms with E-state index in [0.29, 0.717) is 39.5 Å². The van der Waals surface area contributed by atoms with Gasteiger partial charge in [0.2, 0.25) is 5.91 Å². The molecule has 0 unspecified atom stereocenters. The molecule has 202 valence electrons. The van der Waals surface area contributed by atoms with Crippen molar-refractivity contribution in [2.75, 3.05) is 10.6 Å². The molecule has 0 fully saturated rings. The van der Waals surface area contributed by atoms with E-state index in [1.54, 1.807) is 60.7 Å². The van der Waals surface area contributed by atoms with Crippen LogP contribution in [-0.4, -0.2) is 22.6 Å². The minimum atomic E-state index is -4.45. The molecule has 0 bridgehead atoms. The number of alkyl halides is 3. The first-order valence-corrected chi connectivity index (χ1v) is 12.2. The maximum absolute atomic E-state index is 13.1. The maximum Gasteiger partial charge on any atom is 0.416 e. The van der Waals surface area contributed by atoms with Crippen LogP contribution in [-0.2, 0) is 11.0 Å². The van der Waals surface area contributed by atoms with Crippen LogP contribution in [0.25, 0.3) is 17.2 Å². The molecule has 1 aromatic heterocycles. The summed E-state index contributed by atoms with van der Waals surface area (Å²) in [6.07, 6.45) is -1.57. The molecule has 4 rings (SSSR count). The zero-order valence-corrected chi connectivity index (χ0v) is 21.5. The minimum absolute atomic E-state index is 0.255. The van der Waals surface area contributed by atoms with E-state index >= 15 is 0 Å². The van der Waals surface area contributed by atoms with Gasteiger partial charge >= 0.3 is 6.18 Å². The number of ketones is 1. The Labute approximate surface area is 228 Å². The lowest BCUT2D eigenvalue weighted by molar-refractivity contribution is -0.137. The third-order valence-corrected chi connectivity index (χ3v) is 5.85. The van der Waals surface area contributed by atoms with Crippen molar-refractivity contribution >= 4 is 35.2 Å². The van der Waals surface area contributed by atoms with Crippen LogP contribution in [0.3, 0.4) is 0 Å². The van der Waals surface area contributed by atoms with Gasteiger partial charge in [0.25, 0.3) is 5.91 Å². The van der Waals surface area contributed by atoms with Gasteiger partial charge in [-0.05, 0) is 84.8 Å². The predicted octanol–water partition coefficient (Wildman–Crippen LogP) is 7.18. The average Bonchev–Trinajstić information content (AvgIpc) is 2.91. The fourth-order valence-electron chi connectivity index (χ4n) is 3.90. The number of aromatic nitrogens is 1. The van der Waals surface area contributed by atoms with Gasteiger partial charge in [0.05, 0.1) is 11.3 Å². The number of carbonyl (C=O) groups is 3. The molecule has 0 saturated carbocycles. The molecule has 0 spiro atoms. The summed E-state index contributed by atoms with van der Waals surface area (Å²) in [5, 5.41) is 5.35. The van der Waals surface area contributed by atoms with Gasteiger partial charge in [-0.2, -0.15) is 13.2 Å². The number of rotatable bonds is 7. The van der Waals surface area contributed by atoms with Gasteiger partial charge in [-0.25, -0.2) is 4.98 Å². The first-order chi connectivity index (χ1) is 19.0. The highest BCUT2D eigenvalue weighted by Gasteiger charge is 2.30. The second-order valence-electron chi connectivity index (χ2n) is 8.98. The normalized spacial score (nSPS) is 11.3. The topological polar surface area (TPSA) is 88.2 Å². The number of allylic oxidation sites excluding steroid dienone is 1. The summed E-state index contributed by atoms with van der Waals surface area (Å²) in [4.78, 5) is 41.2. The lowest BCUT2D eigenvalue weighted by atomic mass is 9.96. The molecule has 9 heteroatoms. The number of anilines is 2. The molecule has 6 nitrogen and oxygen atoms in total. The quantitative estimate of drug-likeness (QED) is 0.191. The van der Waals surface area contributed by atoms with Crippen LogP contribution in [0.5, 0.6) is 0 Å². The Morgan fingerprint density at radius 1 is 0.850 bits per heavy atom. The molecule has 4 aromatic rings. The summed E-state index contributed by atoms with van der Waals surface area (Å²) < 4.78 is 38.9.